The van der Waals surface area contributed by atoms with Crippen molar-refractivity contribution < 1.29 is 26.7 Å². The maximum absolute atomic E-state index is 13.0. The summed E-state index contributed by atoms with van der Waals surface area (Å²) in [6.45, 7) is 4.80. The highest BCUT2D eigenvalue weighted by Crippen LogP contribution is 2.26. The van der Waals surface area contributed by atoms with E-state index in [2.05, 4.69) is 0 Å². The number of carboxylic acids is 1. The Kier molecular flexibility index (Phi) is 6.11. The Hall–Kier alpha value is -2.19. The van der Waals surface area contributed by atoms with Crippen LogP contribution in [-0.2, 0) is 24.5 Å². The Labute approximate surface area is 159 Å². The van der Waals surface area contributed by atoms with Crippen molar-refractivity contribution in [3.8, 4) is 0 Å². The molecular formula is C19H22O6S2. The number of rotatable bonds is 7. The van der Waals surface area contributed by atoms with Crippen molar-refractivity contribution in [1.29, 1.82) is 0 Å². The number of benzene rings is 2. The lowest BCUT2D eigenvalue weighted by molar-refractivity contribution is -0.141. The molecule has 0 saturated carbocycles. The maximum atomic E-state index is 13.0. The van der Waals surface area contributed by atoms with Crippen LogP contribution in [0.4, 0.5) is 0 Å². The van der Waals surface area contributed by atoms with Crippen LogP contribution >= 0.6 is 0 Å². The second kappa shape index (κ2) is 7.82. The largest absolute Gasteiger partial charge is 0.481 e. The first-order chi connectivity index (χ1) is 12.4. The van der Waals surface area contributed by atoms with Crippen molar-refractivity contribution in [2.24, 2.45) is 5.92 Å². The monoisotopic (exact) mass is 410 g/mol. The van der Waals surface area contributed by atoms with E-state index < -0.39 is 42.6 Å². The van der Waals surface area contributed by atoms with Gasteiger partial charge in [-0.15, -0.1) is 0 Å². The number of hydrogen-bond donors (Lipinski definition) is 1. The molecule has 8 heteroatoms. The molecular weight excluding hydrogens is 388 g/mol. The fourth-order valence-electron chi connectivity index (χ4n) is 2.62. The lowest BCUT2D eigenvalue weighted by atomic mass is 10.1. The summed E-state index contributed by atoms with van der Waals surface area (Å²) >= 11 is 0. The SMILES string of the molecule is Cc1ccc(S(=O)(=O)CC(C(C)C(=O)O)S(=O)(=O)c2ccc(C)cc2)cc1. The molecule has 0 spiro atoms. The number of sulfone groups is 2. The Morgan fingerprint density at radius 3 is 1.67 bits per heavy atom. The summed E-state index contributed by atoms with van der Waals surface area (Å²) in [7, 11) is -8.17. The van der Waals surface area contributed by atoms with Gasteiger partial charge in [-0.25, -0.2) is 16.8 Å². The molecule has 2 rings (SSSR count). The van der Waals surface area contributed by atoms with Crippen molar-refractivity contribution >= 4 is 25.6 Å². The van der Waals surface area contributed by atoms with Crippen LogP contribution in [-0.4, -0.2) is 38.9 Å². The molecule has 2 aromatic rings. The second-order valence-electron chi connectivity index (χ2n) is 6.62. The van der Waals surface area contributed by atoms with Crippen LogP contribution in [0.3, 0.4) is 0 Å². The minimum absolute atomic E-state index is 0.0326. The minimum atomic E-state index is -4.17. The van der Waals surface area contributed by atoms with Gasteiger partial charge in [-0.1, -0.05) is 42.3 Å². The molecule has 6 nitrogen and oxygen atoms in total. The van der Waals surface area contributed by atoms with Gasteiger partial charge < -0.3 is 5.11 Å². The molecule has 27 heavy (non-hydrogen) atoms. The molecule has 0 aliphatic heterocycles. The summed E-state index contributed by atoms with van der Waals surface area (Å²) in [5.41, 5.74) is 1.70. The van der Waals surface area contributed by atoms with E-state index in [4.69, 9.17) is 0 Å². The Morgan fingerprint density at radius 2 is 1.26 bits per heavy atom. The van der Waals surface area contributed by atoms with Gasteiger partial charge in [0.1, 0.15) is 0 Å². The Balaban J connectivity index is 2.50. The highest BCUT2D eigenvalue weighted by atomic mass is 32.2. The molecule has 0 bridgehead atoms. The molecule has 1 N–H and O–H groups in total. The molecule has 0 saturated heterocycles. The quantitative estimate of drug-likeness (QED) is 0.752. The average Bonchev–Trinajstić information content (AvgIpc) is 2.59. The number of aliphatic carboxylic acids is 1. The number of hydrogen-bond acceptors (Lipinski definition) is 5. The molecule has 2 unspecified atom stereocenters. The highest BCUT2D eigenvalue weighted by Gasteiger charge is 2.39. The number of carboxylic acid groups (broad SMARTS) is 1. The van der Waals surface area contributed by atoms with E-state index in [1.807, 2.05) is 0 Å². The first-order valence-electron chi connectivity index (χ1n) is 8.28. The van der Waals surface area contributed by atoms with E-state index in [-0.39, 0.29) is 9.79 Å². The summed E-state index contributed by atoms with van der Waals surface area (Å²) in [6.07, 6.45) is 0. The first-order valence-corrected chi connectivity index (χ1v) is 11.5. The van der Waals surface area contributed by atoms with Gasteiger partial charge in [0.05, 0.1) is 26.7 Å². The fourth-order valence-corrected chi connectivity index (χ4v) is 6.86. The van der Waals surface area contributed by atoms with Gasteiger partial charge >= 0.3 is 5.97 Å². The van der Waals surface area contributed by atoms with Crippen molar-refractivity contribution in [2.75, 3.05) is 5.75 Å². The summed E-state index contributed by atoms with van der Waals surface area (Å²) in [4.78, 5) is 11.4. The van der Waals surface area contributed by atoms with Crippen LogP contribution < -0.4 is 0 Å². The summed E-state index contributed by atoms with van der Waals surface area (Å²) in [5, 5.41) is 7.74. The predicted octanol–water partition coefficient (Wildman–Crippen LogP) is 2.64. The third kappa shape index (κ3) is 4.75. The fraction of sp³-hybridized carbons (Fsp3) is 0.316. The molecule has 0 amide bonds. The molecule has 0 radical (unpaired) electrons. The van der Waals surface area contributed by atoms with Gasteiger partial charge in [0.25, 0.3) is 0 Å². The highest BCUT2D eigenvalue weighted by molar-refractivity contribution is 7.95. The summed E-state index contributed by atoms with van der Waals surface area (Å²) < 4.78 is 51.6. The molecule has 2 atom stereocenters. The van der Waals surface area contributed by atoms with Crippen LogP contribution in [0.2, 0.25) is 0 Å². The van der Waals surface area contributed by atoms with Crippen molar-refractivity contribution in [3.63, 3.8) is 0 Å². The number of aryl methyl sites for hydroxylation is 2. The zero-order valence-electron chi connectivity index (χ0n) is 15.3. The van der Waals surface area contributed by atoms with Gasteiger partial charge in [-0.2, -0.15) is 0 Å². The van der Waals surface area contributed by atoms with E-state index >= 15 is 0 Å². The van der Waals surface area contributed by atoms with E-state index in [9.17, 15) is 26.7 Å². The Morgan fingerprint density at radius 1 is 0.852 bits per heavy atom. The van der Waals surface area contributed by atoms with Crippen LogP contribution in [0, 0.1) is 19.8 Å². The third-order valence-corrected chi connectivity index (χ3v) is 8.76. The van der Waals surface area contributed by atoms with Crippen molar-refractivity contribution in [1.82, 2.24) is 0 Å². The van der Waals surface area contributed by atoms with Gasteiger partial charge in [0.15, 0.2) is 19.7 Å². The Bertz CT molecular complexity index is 1020. The van der Waals surface area contributed by atoms with Crippen LogP contribution in [0.15, 0.2) is 58.3 Å². The zero-order valence-corrected chi connectivity index (χ0v) is 16.9. The summed E-state index contributed by atoms with van der Waals surface area (Å²) in [5.74, 6) is -3.56. The van der Waals surface area contributed by atoms with Crippen molar-refractivity contribution in [2.45, 2.75) is 35.8 Å². The second-order valence-corrected chi connectivity index (χ2v) is 10.8. The first kappa shape index (κ1) is 21.1. The lowest BCUT2D eigenvalue weighted by Crippen LogP contribution is -2.39. The normalized spacial score (nSPS) is 14.5. The van der Waals surface area contributed by atoms with E-state index in [1.165, 1.54) is 31.2 Å². The predicted molar refractivity (Wildman–Crippen MR) is 102 cm³/mol. The van der Waals surface area contributed by atoms with E-state index in [1.54, 1.807) is 38.1 Å². The van der Waals surface area contributed by atoms with Gasteiger partial charge in [-0.3, -0.25) is 4.79 Å². The molecule has 0 aliphatic carbocycles. The zero-order chi connectivity index (χ0) is 20.4. The number of carbonyl (C=O) groups is 1. The molecule has 0 aromatic heterocycles. The van der Waals surface area contributed by atoms with Crippen molar-refractivity contribution in [3.05, 3.63) is 59.7 Å². The topological polar surface area (TPSA) is 106 Å². The third-order valence-electron chi connectivity index (χ3n) is 4.46. The van der Waals surface area contributed by atoms with Gasteiger partial charge in [0.2, 0.25) is 0 Å². The van der Waals surface area contributed by atoms with Crippen LogP contribution in [0.1, 0.15) is 18.1 Å². The van der Waals surface area contributed by atoms with Crippen LogP contribution in [0.25, 0.3) is 0 Å². The average molecular weight is 411 g/mol. The van der Waals surface area contributed by atoms with Gasteiger partial charge in [-0.05, 0) is 38.1 Å². The van der Waals surface area contributed by atoms with Crippen LogP contribution in [0.5, 0.6) is 0 Å². The standard InChI is InChI=1S/C19H22O6S2/c1-13-4-8-16(9-5-13)26(22,23)12-18(15(3)19(20)21)27(24,25)17-10-6-14(2)7-11-17/h4-11,15,18H,12H2,1-3H3,(H,20,21). The van der Waals surface area contributed by atoms with E-state index in [0.29, 0.717) is 0 Å². The smallest absolute Gasteiger partial charge is 0.307 e. The lowest BCUT2D eigenvalue weighted by Gasteiger charge is -2.21. The van der Waals surface area contributed by atoms with E-state index in [0.717, 1.165) is 11.1 Å². The molecule has 0 heterocycles. The molecule has 0 aliphatic rings. The molecule has 146 valence electrons. The maximum Gasteiger partial charge on any atom is 0.307 e. The minimum Gasteiger partial charge on any atom is -0.481 e. The van der Waals surface area contributed by atoms with Gasteiger partial charge in [0, 0.05) is 0 Å². The molecule has 0 fully saturated rings. The molecule has 2 aromatic carbocycles. The summed E-state index contributed by atoms with van der Waals surface area (Å²) in [6, 6.07) is 11.9.